The highest BCUT2D eigenvalue weighted by Crippen LogP contribution is 2.29. The van der Waals surface area contributed by atoms with Crippen LogP contribution in [0.3, 0.4) is 0 Å². The number of benzene rings is 2. The summed E-state index contributed by atoms with van der Waals surface area (Å²) < 4.78 is 38.0. The lowest BCUT2D eigenvalue weighted by molar-refractivity contribution is -0.137. The molecule has 1 fully saturated rings. The predicted octanol–water partition coefficient (Wildman–Crippen LogP) is 3.44. The van der Waals surface area contributed by atoms with Gasteiger partial charge in [-0.2, -0.15) is 13.2 Å². The molecule has 0 radical (unpaired) electrons. The lowest BCUT2D eigenvalue weighted by Gasteiger charge is -2.25. The summed E-state index contributed by atoms with van der Waals surface area (Å²) in [6.45, 7) is 3.19. The summed E-state index contributed by atoms with van der Waals surface area (Å²) in [4.78, 5) is 16.7. The van der Waals surface area contributed by atoms with Crippen molar-refractivity contribution in [3.8, 4) is 0 Å². The van der Waals surface area contributed by atoms with E-state index in [4.69, 9.17) is 5.73 Å². The molecule has 1 unspecified atom stereocenters. The largest absolute Gasteiger partial charge is 0.416 e. The highest BCUT2D eigenvalue weighted by molar-refractivity contribution is 5.83. The number of nitrogens with zero attached hydrogens (tertiary/aromatic N) is 2. The van der Waals surface area contributed by atoms with E-state index in [1.54, 1.807) is 4.90 Å². The van der Waals surface area contributed by atoms with Crippen molar-refractivity contribution in [1.29, 1.82) is 0 Å². The number of rotatable bonds is 4. The van der Waals surface area contributed by atoms with Gasteiger partial charge in [-0.3, -0.25) is 9.69 Å². The number of amides is 1. The van der Waals surface area contributed by atoms with Gasteiger partial charge in [0.2, 0.25) is 5.91 Å². The first-order chi connectivity index (χ1) is 13.3. The van der Waals surface area contributed by atoms with Gasteiger partial charge < -0.3 is 10.6 Å². The monoisotopic (exact) mass is 391 g/mol. The molecule has 0 aliphatic carbocycles. The summed E-state index contributed by atoms with van der Waals surface area (Å²) in [7, 11) is 0. The van der Waals surface area contributed by atoms with Gasteiger partial charge in [0.1, 0.15) is 6.04 Å². The second-order valence-corrected chi connectivity index (χ2v) is 7.04. The van der Waals surface area contributed by atoms with Crippen LogP contribution >= 0.6 is 0 Å². The number of carbonyl (C=O) groups is 1. The van der Waals surface area contributed by atoms with E-state index in [1.165, 1.54) is 12.1 Å². The highest BCUT2D eigenvalue weighted by Gasteiger charge is 2.30. The molecule has 2 aromatic rings. The zero-order valence-corrected chi connectivity index (χ0v) is 15.5. The van der Waals surface area contributed by atoms with E-state index < -0.39 is 17.8 Å². The summed E-state index contributed by atoms with van der Waals surface area (Å²) in [5, 5.41) is 0. The SMILES string of the molecule is NC(C(=O)N1CCCN(Cc2ccc(C(F)(F)F)cc2)CC1)c1ccccc1. The van der Waals surface area contributed by atoms with Crippen LogP contribution in [0.5, 0.6) is 0 Å². The Balaban J connectivity index is 1.57. The Morgan fingerprint density at radius 3 is 2.29 bits per heavy atom. The summed E-state index contributed by atoms with van der Waals surface area (Å²) in [6, 6.07) is 13.9. The minimum Gasteiger partial charge on any atom is -0.340 e. The van der Waals surface area contributed by atoms with Gasteiger partial charge in [0.15, 0.2) is 0 Å². The second kappa shape index (κ2) is 8.75. The molecule has 7 heteroatoms. The smallest absolute Gasteiger partial charge is 0.340 e. The maximum absolute atomic E-state index is 12.7. The van der Waals surface area contributed by atoms with E-state index in [0.717, 1.165) is 36.2 Å². The fourth-order valence-corrected chi connectivity index (χ4v) is 3.41. The van der Waals surface area contributed by atoms with Crippen LogP contribution in [0.4, 0.5) is 13.2 Å². The van der Waals surface area contributed by atoms with Gasteiger partial charge in [-0.25, -0.2) is 0 Å². The molecule has 0 spiro atoms. The van der Waals surface area contributed by atoms with Gasteiger partial charge in [-0.05, 0) is 29.7 Å². The van der Waals surface area contributed by atoms with E-state index in [0.29, 0.717) is 26.2 Å². The molecular weight excluding hydrogens is 367 g/mol. The molecule has 1 aliphatic heterocycles. The molecule has 1 aliphatic rings. The molecular formula is C21H24F3N3O. The molecule has 1 heterocycles. The molecule has 3 rings (SSSR count). The van der Waals surface area contributed by atoms with Crippen LogP contribution in [0.15, 0.2) is 54.6 Å². The van der Waals surface area contributed by atoms with Gasteiger partial charge in [0.05, 0.1) is 5.56 Å². The van der Waals surface area contributed by atoms with Gasteiger partial charge in [-0.15, -0.1) is 0 Å². The third kappa shape index (κ3) is 5.11. The first-order valence-corrected chi connectivity index (χ1v) is 9.32. The Labute approximate surface area is 162 Å². The summed E-state index contributed by atoms with van der Waals surface area (Å²) >= 11 is 0. The fourth-order valence-electron chi connectivity index (χ4n) is 3.41. The molecule has 150 valence electrons. The summed E-state index contributed by atoms with van der Waals surface area (Å²) in [6.07, 6.45) is -3.52. The third-order valence-electron chi connectivity index (χ3n) is 5.01. The number of carbonyl (C=O) groups excluding carboxylic acids is 1. The Morgan fingerprint density at radius 2 is 1.64 bits per heavy atom. The van der Waals surface area contributed by atoms with E-state index >= 15 is 0 Å². The van der Waals surface area contributed by atoms with E-state index in [-0.39, 0.29) is 5.91 Å². The van der Waals surface area contributed by atoms with E-state index in [1.807, 2.05) is 30.3 Å². The molecule has 1 saturated heterocycles. The first-order valence-electron chi connectivity index (χ1n) is 9.32. The van der Waals surface area contributed by atoms with Crippen LogP contribution in [0.1, 0.15) is 29.2 Å². The first kappa shape index (κ1) is 20.4. The van der Waals surface area contributed by atoms with Gasteiger partial charge in [-0.1, -0.05) is 42.5 Å². The number of hydrogen-bond donors (Lipinski definition) is 1. The van der Waals surface area contributed by atoms with Crippen LogP contribution in [0.25, 0.3) is 0 Å². The van der Waals surface area contributed by atoms with Crippen molar-refractivity contribution in [2.24, 2.45) is 5.73 Å². The van der Waals surface area contributed by atoms with Crippen molar-refractivity contribution >= 4 is 5.91 Å². The molecule has 4 nitrogen and oxygen atoms in total. The molecule has 0 bridgehead atoms. The predicted molar refractivity (Wildman–Crippen MR) is 101 cm³/mol. The minimum atomic E-state index is -4.32. The fraction of sp³-hybridized carbons (Fsp3) is 0.381. The topological polar surface area (TPSA) is 49.6 Å². The van der Waals surface area contributed by atoms with Gasteiger partial charge in [0.25, 0.3) is 0 Å². The molecule has 0 aromatic heterocycles. The molecule has 2 N–H and O–H groups in total. The van der Waals surface area contributed by atoms with Crippen molar-refractivity contribution in [3.05, 3.63) is 71.3 Å². The Bertz CT molecular complexity index is 778. The lowest BCUT2D eigenvalue weighted by atomic mass is 10.1. The van der Waals surface area contributed by atoms with E-state index in [2.05, 4.69) is 4.90 Å². The minimum absolute atomic E-state index is 0.0948. The maximum Gasteiger partial charge on any atom is 0.416 e. The molecule has 0 saturated carbocycles. The van der Waals surface area contributed by atoms with Crippen molar-refractivity contribution in [1.82, 2.24) is 9.80 Å². The molecule has 1 amide bonds. The number of alkyl halides is 3. The summed E-state index contributed by atoms with van der Waals surface area (Å²) in [5.41, 5.74) is 7.11. The third-order valence-corrected chi connectivity index (χ3v) is 5.01. The quantitative estimate of drug-likeness (QED) is 0.869. The average molecular weight is 391 g/mol. The number of halogens is 3. The van der Waals surface area contributed by atoms with E-state index in [9.17, 15) is 18.0 Å². The molecule has 2 aromatic carbocycles. The van der Waals surface area contributed by atoms with Crippen LogP contribution < -0.4 is 5.73 Å². The van der Waals surface area contributed by atoms with Crippen LogP contribution in [0.2, 0.25) is 0 Å². The highest BCUT2D eigenvalue weighted by atomic mass is 19.4. The Kier molecular flexibility index (Phi) is 6.36. The van der Waals surface area contributed by atoms with Gasteiger partial charge >= 0.3 is 6.18 Å². The summed E-state index contributed by atoms with van der Waals surface area (Å²) in [5.74, 6) is -0.0948. The number of nitrogens with two attached hydrogens (primary N) is 1. The van der Waals surface area contributed by atoms with Crippen LogP contribution in [-0.2, 0) is 17.5 Å². The zero-order valence-electron chi connectivity index (χ0n) is 15.5. The molecule has 1 atom stereocenters. The Hall–Kier alpha value is -2.38. The maximum atomic E-state index is 12.7. The van der Waals surface area contributed by atoms with Gasteiger partial charge in [0, 0.05) is 32.7 Å². The van der Waals surface area contributed by atoms with Crippen molar-refractivity contribution in [2.45, 2.75) is 25.2 Å². The van der Waals surface area contributed by atoms with Crippen molar-refractivity contribution in [3.63, 3.8) is 0 Å². The zero-order chi connectivity index (χ0) is 20.1. The average Bonchev–Trinajstić information content (AvgIpc) is 2.93. The normalized spacial score (nSPS) is 17.2. The lowest BCUT2D eigenvalue weighted by Crippen LogP contribution is -2.40. The Morgan fingerprint density at radius 1 is 0.964 bits per heavy atom. The molecule has 28 heavy (non-hydrogen) atoms. The van der Waals surface area contributed by atoms with Crippen LogP contribution in [-0.4, -0.2) is 41.9 Å². The standard InChI is InChI=1S/C21H24F3N3O/c22-21(23,24)18-9-7-16(8-10-18)15-26-11-4-12-27(14-13-26)20(28)19(25)17-5-2-1-3-6-17/h1-3,5-10,19H,4,11-15,25H2. The second-order valence-electron chi connectivity index (χ2n) is 7.04. The van der Waals surface area contributed by atoms with Crippen molar-refractivity contribution in [2.75, 3.05) is 26.2 Å². The van der Waals surface area contributed by atoms with Crippen LogP contribution in [0, 0.1) is 0 Å². The number of hydrogen-bond acceptors (Lipinski definition) is 3. The van der Waals surface area contributed by atoms with Crippen molar-refractivity contribution < 1.29 is 18.0 Å².